The molecule has 8 heteroatoms. The van der Waals surface area contributed by atoms with Gasteiger partial charge in [-0.3, -0.25) is 14.5 Å². The van der Waals surface area contributed by atoms with E-state index < -0.39 is 6.61 Å². The number of carbonyl (C=O) groups is 2. The zero-order valence-corrected chi connectivity index (χ0v) is 11.1. The van der Waals surface area contributed by atoms with Gasteiger partial charge in [0.15, 0.2) is 0 Å². The molecule has 1 fully saturated rings. The number of hydrogen-bond donors (Lipinski definition) is 2. The maximum Gasteiger partial charge on any atom is 0.387 e. The highest BCUT2D eigenvalue weighted by Crippen LogP contribution is 2.17. The highest BCUT2D eigenvalue weighted by molar-refractivity contribution is 5.92. The Hall–Kier alpha value is -2.22. The lowest BCUT2D eigenvalue weighted by atomic mass is 10.3. The Morgan fingerprint density at radius 2 is 2.10 bits per heavy atom. The molecule has 1 aliphatic rings. The van der Waals surface area contributed by atoms with Gasteiger partial charge < -0.3 is 15.4 Å². The number of benzene rings is 1. The summed E-state index contributed by atoms with van der Waals surface area (Å²) in [6, 6.07) is 5.63. The van der Waals surface area contributed by atoms with Gasteiger partial charge in [-0.2, -0.15) is 8.78 Å². The fraction of sp³-hybridized carbons (Fsp3) is 0.385. The van der Waals surface area contributed by atoms with Crippen molar-refractivity contribution < 1.29 is 23.1 Å². The SMILES string of the molecule is O=C1CN(CC(=O)Nc2ccc(OC(F)F)cc2)CCN1. The van der Waals surface area contributed by atoms with Gasteiger partial charge in [-0.1, -0.05) is 0 Å². The summed E-state index contributed by atoms with van der Waals surface area (Å²) in [5.74, 6) is -0.356. The van der Waals surface area contributed by atoms with Gasteiger partial charge in [0, 0.05) is 18.8 Å². The van der Waals surface area contributed by atoms with Crippen molar-refractivity contribution >= 4 is 17.5 Å². The summed E-state index contributed by atoms with van der Waals surface area (Å²) in [6.45, 7) is -1.46. The monoisotopic (exact) mass is 299 g/mol. The van der Waals surface area contributed by atoms with Crippen LogP contribution in [-0.2, 0) is 9.59 Å². The first kappa shape index (κ1) is 15.2. The van der Waals surface area contributed by atoms with E-state index in [0.717, 1.165) is 0 Å². The number of rotatable bonds is 5. The van der Waals surface area contributed by atoms with Gasteiger partial charge in [0.1, 0.15) is 5.75 Å². The lowest BCUT2D eigenvalue weighted by Crippen LogP contribution is -2.49. The lowest BCUT2D eigenvalue weighted by Gasteiger charge is -2.25. The largest absolute Gasteiger partial charge is 0.435 e. The molecule has 2 N–H and O–H groups in total. The molecular formula is C13H15F2N3O3. The van der Waals surface area contributed by atoms with Crippen LogP contribution in [0.1, 0.15) is 0 Å². The molecule has 0 saturated carbocycles. The molecule has 0 aliphatic carbocycles. The fourth-order valence-corrected chi connectivity index (χ4v) is 1.95. The van der Waals surface area contributed by atoms with Crippen molar-refractivity contribution in [2.75, 3.05) is 31.5 Å². The van der Waals surface area contributed by atoms with Gasteiger partial charge in [0.2, 0.25) is 11.8 Å². The number of ether oxygens (including phenoxy) is 1. The van der Waals surface area contributed by atoms with E-state index >= 15 is 0 Å². The molecule has 0 unspecified atom stereocenters. The summed E-state index contributed by atoms with van der Waals surface area (Å²) >= 11 is 0. The maximum atomic E-state index is 12.0. The number of piperazine rings is 1. The Labute approximate surface area is 120 Å². The van der Waals surface area contributed by atoms with E-state index in [1.54, 1.807) is 4.90 Å². The van der Waals surface area contributed by atoms with E-state index in [0.29, 0.717) is 18.8 Å². The smallest absolute Gasteiger partial charge is 0.387 e. The summed E-state index contributed by atoms with van der Waals surface area (Å²) < 4.78 is 28.2. The van der Waals surface area contributed by atoms with Crippen LogP contribution in [0.4, 0.5) is 14.5 Å². The van der Waals surface area contributed by atoms with Crippen molar-refractivity contribution in [2.45, 2.75) is 6.61 Å². The number of alkyl halides is 2. The molecule has 0 aromatic heterocycles. The van der Waals surface area contributed by atoms with E-state index in [9.17, 15) is 18.4 Å². The van der Waals surface area contributed by atoms with E-state index in [-0.39, 0.29) is 30.7 Å². The number of nitrogens with zero attached hydrogens (tertiary/aromatic N) is 1. The quantitative estimate of drug-likeness (QED) is 0.838. The third-order valence-electron chi connectivity index (χ3n) is 2.85. The average molecular weight is 299 g/mol. The Kier molecular flexibility index (Phi) is 5.04. The van der Waals surface area contributed by atoms with E-state index in [4.69, 9.17) is 0 Å². The predicted molar refractivity (Wildman–Crippen MR) is 71.2 cm³/mol. The minimum Gasteiger partial charge on any atom is -0.435 e. The lowest BCUT2D eigenvalue weighted by molar-refractivity contribution is -0.125. The second kappa shape index (κ2) is 6.98. The topological polar surface area (TPSA) is 70.7 Å². The second-order valence-electron chi connectivity index (χ2n) is 4.51. The van der Waals surface area contributed by atoms with Crippen LogP contribution in [0.5, 0.6) is 5.75 Å². The molecule has 2 amide bonds. The first-order valence-electron chi connectivity index (χ1n) is 6.37. The van der Waals surface area contributed by atoms with Crippen LogP contribution in [0.3, 0.4) is 0 Å². The number of carbonyl (C=O) groups excluding carboxylic acids is 2. The van der Waals surface area contributed by atoms with Gasteiger partial charge in [0.05, 0.1) is 13.1 Å². The van der Waals surface area contributed by atoms with Gasteiger partial charge in [-0.25, -0.2) is 0 Å². The first-order chi connectivity index (χ1) is 10.0. The molecule has 0 spiro atoms. The molecular weight excluding hydrogens is 284 g/mol. The van der Waals surface area contributed by atoms with E-state index in [1.807, 2.05) is 0 Å². The van der Waals surface area contributed by atoms with Crippen molar-refractivity contribution in [1.82, 2.24) is 10.2 Å². The molecule has 2 rings (SSSR count). The van der Waals surface area contributed by atoms with Crippen molar-refractivity contribution in [3.05, 3.63) is 24.3 Å². The summed E-state index contributed by atoms with van der Waals surface area (Å²) in [5, 5.41) is 5.30. The van der Waals surface area contributed by atoms with Gasteiger partial charge in [-0.15, -0.1) is 0 Å². The zero-order chi connectivity index (χ0) is 15.2. The number of hydrogen-bond acceptors (Lipinski definition) is 4. The minimum atomic E-state index is -2.88. The third-order valence-corrected chi connectivity index (χ3v) is 2.85. The van der Waals surface area contributed by atoms with Crippen LogP contribution < -0.4 is 15.4 Å². The number of halogens is 2. The highest BCUT2D eigenvalue weighted by atomic mass is 19.3. The van der Waals surface area contributed by atoms with Crippen LogP contribution in [0, 0.1) is 0 Å². The molecule has 1 aromatic rings. The van der Waals surface area contributed by atoms with Crippen molar-refractivity contribution in [2.24, 2.45) is 0 Å². The predicted octanol–water partition coefficient (Wildman–Crippen LogP) is 0.658. The van der Waals surface area contributed by atoms with Crippen LogP contribution in [-0.4, -0.2) is 49.5 Å². The highest BCUT2D eigenvalue weighted by Gasteiger charge is 2.18. The number of amides is 2. The summed E-state index contributed by atoms with van der Waals surface area (Å²) in [4.78, 5) is 24.7. The van der Waals surface area contributed by atoms with Crippen LogP contribution in [0.2, 0.25) is 0 Å². The molecule has 1 heterocycles. The molecule has 0 bridgehead atoms. The van der Waals surface area contributed by atoms with Crippen LogP contribution >= 0.6 is 0 Å². The zero-order valence-electron chi connectivity index (χ0n) is 11.1. The van der Waals surface area contributed by atoms with Gasteiger partial charge in [0.25, 0.3) is 0 Å². The fourth-order valence-electron chi connectivity index (χ4n) is 1.95. The Morgan fingerprint density at radius 1 is 1.38 bits per heavy atom. The molecule has 21 heavy (non-hydrogen) atoms. The van der Waals surface area contributed by atoms with E-state index in [2.05, 4.69) is 15.4 Å². The summed E-state index contributed by atoms with van der Waals surface area (Å²) in [5.41, 5.74) is 0.475. The van der Waals surface area contributed by atoms with Crippen LogP contribution in [0.25, 0.3) is 0 Å². The molecule has 114 valence electrons. The standard InChI is InChI=1S/C13H15F2N3O3/c14-13(15)21-10-3-1-9(2-4-10)17-12(20)8-18-6-5-16-11(19)7-18/h1-4,13H,5-8H2,(H,16,19)(H,17,20). The minimum absolute atomic E-state index is 0.0238. The number of anilines is 1. The van der Waals surface area contributed by atoms with Crippen molar-refractivity contribution in [3.63, 3.8) is 0 Å². The van der Waals surface area contributed by atoms with Gasteiger partial charge >= 0.3 is 6.61 Å². The van der Waals surface area contributed by atoms with Gasteiger partial charge in [-0.05, 0) is 24.3 Å². The first-order valence-corrected chi connectivity index (χ1v) is 6.37. The Morgan fingerprint density at radius 3 is 2.71 bits per heavy atom. The maximum absolute atomic E-state index is 12.0. The molecule has 1 aliphatic heterocycles. The van der Waals surface area contributed by atoms with Crippen molar-refractivity contribution in [3.8, 4) is 5.75 Å². The number of nitrogens with one attached hydrogen (secondary N) is 2. The molecule has 6 nitrogen and oxygen atoms in total. The summed E-state index contributed by atoms with van der Waals surface area (Å²) in [7, 11) is 0. The third kappa shape index (κ3) is 4.99. The second-order valence-corrected chi connectivity index (χ2v) is 4.51. The average Bonchev–Trinajstić information content (AvgIpc) is 2.40. The normalized spacial score (nSPS) is 15.7. The Bertz CT molecular complexity index is 508. The molecule has 0 atom stereocenters. The molecule has 0 radical (unpaired) electrons. The van der Waals surface area contributed by atoms with Crippen molar-refractivity contribution in [1.29, 1.82) is 0 Å². The molecule has 1 aromatic carbocycles. The molecule has 1 saturated heterocycles. The summed E-state index contributed by atoms with van der Waals surface area (Å²) in [6.07, 6.45) is 0. The van der Waals surface area contributed by atoms with E-state index in [1.165, 1.54) is 24.3 Å². The Balaban J connectivity index is 1.83. The van der Waals surface area contributed by atoms with Crippen LogP contribution in [0.15, 0.2) is 24.3 Å².